The van der Waals surface area contributed by atoms with Crippen LogP contribution < -0.4 is 0 Å². The van der Waals surface area contributed by atoms with Crippen molar-refractivity contribution in [1.82, 2.24) is 0 Å². The van der Waals surface area contributed by atoms with E-state index >= 15 is 0 Å². The second-order valence-electron chi connectivity index (χ2n) is 4.66. The maximum Gasteiger partial charge on any atom is 0.374 e. The number of methoxy groups -OCH3 is 1. The van der Waals surface area contributed by atoms with E-state index in [0.717, 1.165) is 11.1 Å². The molecule has 0 spiro atoms. The van der Waals surface area contributed by atoms with Gasteiger partial charge in [0.1, 0.15) is 6.61 Å². The van der Waals surface area contributed by atoms with Crippen LogP contribution in [0.4, 0.5) is 0 Å². The maximum atomic E-state index is 12.1. The molecule has 0 fully saturated rings. The van der Waals surface area contributed by atoms with Gasteiger partial charge in [-0.05, 0) is 31.5 Å². The summed E-state index contributed by atoms with van der Waals surface area (Å²) in [5.41, 5.74) is 2.80. The zero-order chi connectivity index (χ0) is 15.4. The molecule has 0 saturated carbocycles. The molecule has 0 aliphatic rings. The average molecular weight is 288 g/mol. The van der Waals surface area contributed by atoms with Crippen LogP contribution in [-0.4, -0.2) is 19.0 Å². The SMILES string of the molecule is COC(=O)c1occc1COC(=O)c1cc(C)ccc1C. The Morgan fingerprint density at radius 2 is 1.90 bits per heavy atom. The molecule has 2 rings (SSSR count). The van der Waals surface area contributed by atoms with Crippen LogP contribution in [-0.2, 0) is 16.1 Å². The van der Waals surface area contributed by atoms with Crippen LogP contribution in [0.25, 0.3) is 0 Å². The Hall–Kier alpha value is -2.56. The molecule has 0 saturated heterocycles. The number of rotatable bonds is 4. The number of furan rings is 1. The number of hydrogen-bond acceptors (Lipinski definition) is 5. The lowest BCUT2D eigenvalue weighted by Gasteiger charge is -2.08. The standard InChI is InChI=1S/C16H16O5/c1-10-4-5-11(2)13(8-10)15(17)21-9-12-6-7-20-14(12)16(18)19-3/h4-8H,9H2,1-3H3. The van der Waals surface area contributed by atoms with E-state index in [0.29, 0.717) is 11.1 Å². The summed E-state index contributed by atoms with van der Waals surface area (Å²) in [5, 5.41) is 0. The molecule has 0 bridgehead atoms. The molecule has 0 atom stereocenters. The largest absolute Gasteiger partial charge is 0.463 e. The summed E-state index contributed by atoms with van der Waals surface area (Å²) in [4.78, 5) is 23.5. The van der Waals surface area contributed by atoms with Crippen molar-refractivity contribution >= 4 is 11.9 Å². The monoisotopic (exact) mass is 288 g/mol. The molecule has 21 heavy (non-hydrogen) atoms. The summed E-state index contributed by atoms with van der Waals surface area (Å²) in [6.45, 7) is 3.70. The number of benzene rings is 1. The zero-order valence-electron chi connectivity index (χ0n) is 12.1. The molecule has 5 heteroatoms. The van der Waals surface area contributed by atoms with E-state index in [1.165, 1.54) is 13.4 Å². The van der Waals surface area contributed by atoms with Gasteiger partial charge in [0, 0.05) is 5.56 Å². The van der Waals surface area contributed by atoms with Crippen molar-refractivity contribution in [1.29, 1.82) is 0 Å². The number of aryl methyl sites for hydroxylation is 2. The van der Waals surface area contributed by atoms with Gasteiger partial charge in [-0.2, -0.15) is 0 Å². The predicted molar refractivity (Wildman–Crippen MR) is 75.1 cm³/mol. The molecule has 1 aromatic carbocycles. The van der Waals surface area contributed by atoms with E-state index in [9.17, 15) is 9.59 Å². The van der Waals surface area contributed by atoms with E-state index < -0.39 is 11.9 Å². The Balaban J connectivity index is 2.10. The molecule has 0 amide bonds. The number of carbonyl (C=O) groups excluding carboxylic acids is 2. The Morgan fingerprint density at radius 1 is 1.14 bits per heavy atom. The lowest BCUT2D eigenvalue weighted by Crippen LogP contribution is -2.09. The molecule has 2 aromatic rings. The van der Waals surface area contributed by atoms with E-state index in [1.807, 2.05) is 26.0 Å². The molecule has 0 aliphatic heterocycles. The summed E-state index contributed by atoms with van der Waals surface area (Å²) in [6.07, 6.45) is 1.35. The van der Waals surface area contributed by atoms with Crippen molar-refractivity contribution in [2.45, 2.75) is 20.5 Å². The number of hydrogen-bond donors (Lipinski definition) is 0. The van der Waals surface area contributed by atoms with Gasteiger partial charge in [-0.3, -0.25) is 0 Å². The first kappa shape index (κ1) is 14.8. The van der Waals surface area contributed by atoms with E-state index in [2.05, 4.69) is 4.74 Å². The number of ether oxygens (including phenoxy) is 2. The molecular formula is C16H16O5. The molecule has 0 aliphatic carbocycles. The fourth-order valence-corrected chi connectivity index (χ4v) is 1.90. The van der Waals surface area contributed by atoms with Gasteiger partial charge in [-0.1, -0.05) is 17.7 Å². The number of esters is 2. The molecular weight excluding hydrogens is 272 g/mol. The second-order valence-corrected chi connectivity index (χ2v) is 4.66. The van der Waals surface area contributed by atoms with Crippen LogP contribution in [0, 0.1) is 13.8 Å². The van der Waals surface area contributed by atoms with E-state index in [-0.39, 0.29) is 12.4 Å². The lowest BCUT2D eigenvalue weighted by atomic mass is 10.1. The third-order valence-corrected chi connectivity index (χ3v) is 3.09. The highest BCUT2D eigenvalue weighted by atomic mass is 16.5. The topological polar surface area (TPSA) is 65.7 Å². The minimum absolute atomic E-state index is 0.0475. The maximum absolute atomic E-state index is 12.1. The highest BCUT2D eigenvalue weighted by Crippen LogP contribution is 2.16. The molecule has 5 nitrogen and oxygen atoms in total. The molecule has 1 heterocycles. The van der Waals surface area contributed by atoms with Gasteiger partial charge in [-0.15, -0.1) is 0 Å². The van der Waals surface area contributed by atoms with Gasteiger partial charge >= 0.3 is 11.9 Å². The smallest absolute Gasteiger partial charge is 0.374 e. The normalized spacial score (nSPS) is 10.2. The summed E-state index contributed by atoms with van der Waals surface area (Å²) in [5.74, 6) is -0.989. The van der Waals surface area contributed by atoms with Gasteiger partial charge in [0.05, 0.1) is 18.9 Å². The Morgan fingerprint density at radius 3 is 2.62 bits per heavy atom. The fraction of sp³-hybridized carbons (Fsp3) is 0.250. The van der Waals surface area contributed by atoms with Crippen molar-refractivity contribution in [3.8, 4) is 0 Å². The summed E-state index contributed by atoms with van der Waals surface area (Å²) >= 11 is 0. The van der Waals surface area contributed by atoms with Gasteiger partial charge in [0.25, 0.3) is 0 Å². The molecule has 0 unspecified atom stereocenters. The fourth-order valence-electron chi connectivity index (χ4n) is 1.90. The third-order valence-electron chi connectivity index (χ3n) is 3.09. The van der Waals surface area contributed by atoms with Crippen LogP contribution in [0.3, 0.4) is 0 Å². The van der Waals surface area contributed by atoms with Gasteiger partial charge < -0.3 is 13.9 Å². The van der Waals surface area contributed by atoms with Crippen LogP contribution in [0.1, 0.15) is 37.6 Å². The zero-order valence-corrected chi connectivity index (χ0v) is 12.1. The van der Waals surface area contributed by atoms with Crippen LogP contribution in [0.5, 0.6) is 0 Å². The minimum Gasteiger partial charge on any atom is -0.463 e. The van der Waals surface area contributed by atoms with Gasteiger partial charge in [0.2, 0.25) is 5.76 Å². The Labute approximate surface area is 122 Å². The summed E-state index contributed by atoms with van der Waals surface area (Å²) < 4.78 is 14.9. The minimum atomic E-state index is -0.599. The highest BCUT2D eigenvalue weighted by Gasteiger charge is 2.18. The first-order chi connectivity index (χ1) is 10.0. The van der Waals surface area contributed by atoms with Crippen molar-refractivity contribution in [2.24, 2.45) is 0 Å². The third kappa shape index (κ3) is 3.31. The summed E-state index contributed by atoms with van der Waals surface area (Å²) in [7, 11) is 1.26. The van der Waals surface area contributed by atoms with Crippen molar-refractivity contribution in [2.75, 3.05) is 7.11 Å². The van der Waals surface area contributed by atoms with Gasteiger partial charge in [-0.25, -0.2) is 9.59 Å². The first-order valence-corrected chi connectivity index (χ1v) is 6.42. The van der Waals surface area contributed by atoms with E-state index in [4.69, 9.17) is 9.15 Å². The number of carbonyl (C=O) groups is 2. The van der Waals surface area contributed by atoms with Crippen molar-refractivity contribution < 1.29 is 23.5 Å². The van der Waals surface area contributed by atoms with Gasteiger partial charge in [0.15, 0.2) is 0 Å². The predicted octanol–water partition coefficient (Wildman–Crippen LogP) is 3.04. The second kappa shape index (κ2) is 6.26. The Bertz CT molecular complexity index is 669. The Kier molecular flexibility index (Phi) is 4.42. The van der Waals surface area contributed by atoms with Crippen LogP contribution >= 0.6 is 0 Å². The molecule has 0 N–H and O–H groups in total. The van der Waals surface area contributed by atoms with Crippen LogP contribution in [0.15, 0.2) is 34.9 Å². The molecule has 0 radical (unpaired) electrons. The molecule has 1 aromatic heterocycles. The van der Waals surface area contributed by atoms with Crippen molar-refractivity contribution in [3.63, 3.8) is 0 Å². The highest BCUT2D eigenvalue weighted by molar-refractivity contribution is 5.91. The average Bonchev–Trinajstić information content (AvgIpc) is 2.95. The van der Waals surface area contributed by atoms with Crippen molar-refractivity contribution in [3.05, 3.63) is 58.5 Å². The van der Waals surface area contributed by atoms with Crippen LogP contribution in [0.2, 0.25) is 0 Å². The summed E-state index contributed by atoms with van der Waals surface area (Å²) in [6, 6.07) is 7.14. The van der Waals surface area contributed by atoms with E-state index in [1.54, 1.807) is 12.1 Å². The lowest BCUT2D eigenvalue weighted by molar-refractivity contribution is 0.0452. The molecule has 110 valence electrons. The first-order valence-electron chi connectivity index (χ1n) is 6.42. The quantitative estimate of drug-likeness (QED) is 0.809.